The van der Waals surface area contributed by atoms with Gasteiger partial charge in [-0.3, -0.25) is 19.3 Å². The minimum atomic E-state index is -0.661. The van der Waals surface area contributed by atoms with E-state index in [1.54, 1.807) is 50.2 Å². The molecule has 1 heterocycles. The van der Waals surface area contributed by atoms with Crippen LogP contribution in [0.3, 0.4) is 0 Å². The van der Waals surface area contributed by atoms with E-state index in [2.05, 4.69) is 0 Å². The quantitative estimate of drug-likeness (QED) is 0.174. The molecule has 34 heavy (non-hydrogen) atoms. The van der Waals surface area contributed by atoms with Crippen LogP contribution in [0.4, 0.5) is 4.79 Å². The summed E-state index contributed by atoms with van der Waals surface area (Å²) in [6, 6.07) is 9.58. The second kappa shape index (κ2) is 11.7. The van der Waals surface area contributed by atoms with Crippen molar-refractivity contribution in [1.29, 1.82) is 0 Å². The first-order valence-corrected chi connectivity index (χ1v) is 12.4. The first-order chi connectivity index (χ1) is 16.2. The molecule has 0 N–H and O–H groups in total. The number of carbonyl (C=O) groups excluding carboxylic acids is 4. The van der Waals surface area contributed by atoms with E-state index in [0.717, 1.165) is 16.7 Å². The van der Waals surface area contributed by atoms with Crippen LogP contribution in [-0.4, -0.2) is 47.7 Å². The third-order valence-corrected chi connectivity index (χ3v) is 6.33. The van der Waals surface area contributed by atoms with Gasteiger partial charge >= 0.3 is 11.9 Å². The van der Waals surface area contributed by atoms with Crippen molar-refractivity contribution in [3.05, 3.63) is 61.0 Å². The zero-order valence-corrected chi connectivity index (χ0v) is 21.9. The predicted octanol–water partition coefficient (Wildman–Crippen LogP) is 5.16. The number of amides is 2. The zero-order chi connectivity index (χ0) is 24.8. The van der Waals surface area contributed by atoms with Gasteiger partial charge in [-0.15, -0.1) is 0 Å². The van der Waals surface area contributed by atoms with Crippen LogP contribution < -0.4 is 9.47 Å². The molecular weight excluding hydrogens is 597 g/mol. The highest BCUT2D eigenvalue weighted by atomic mass is 127. The maximum absolute atomic E-state index is 12.6. The van der Waals surface area contributed by atoms with Crippen molar-refractivity contribution < 1.29 is 33.4 Å². The molecule has 1 aliphatic rings. The Balaban J connectivity index is 1.86. The second-order valence-corrected chi connectivity index (χ2v) is 9.32. The van der Waals surface area contributed by atoms with Gasteiger partial charge in [0.2, 0.25) is 0 Å². The molecule has 2 aromatic rings. The lowest BCUT2D eigenvalue weighted by molar-refractivity contribution is -0.145. The topological polar surface area (TPSA) is 99.2 Å². The Kier molecular flexibility index (Phi) is 8.97. The fourth-order valence-electron chi connectivity index (χ4n) is 2.89. The van der Waals surface area contributed by atoms with Crippen molar-refractivity contribution in [3.63, 3.8) is 0 Å². The van der Waals surface area contributed by atoms with Gasteiger partial charge in [0, 0.05) is 5.02 Å². The standard InChI is InChI=1S/C23H19ClINO7S/c1-3-31-17-10-13(11-18-21(28)26(23(30)34-18)12-19(27)32-4-2)9-16(25)20(17)33-22(29)14-5-7-15(24)8-6-14/h5-11H,3-4,12H2,1-2H3/b18-11-. The summed E-state index contributed by atoms with van der Waals surface area (Å²) in [5.74, 6) is -1.30. The normalized spacial score (nSPS) is 14.5. The zero-order valence-electron chi connectivity index (χ0n) is 18.1. The molecule has 3 rings (SSSR count). The fourth-order valence-corrected chi connectivity index (χ4v) is 4.59. The van der Waals surface area contributed by atoms with Crippen molar-refractivity contribution in [1.82, 2.24) is 4.90 Å². The molecule has 0 spiro atoms. The molecule has 2 aromatic carbocycles. The third kappa shape index (κ3) is 6.30. The average molecular weight is 616 g/mol. The Labute approximate surface area is 218 Å². The van der Waals surface area contributed by atoms with E-state index < -0.39 is 29.6 Å². The molecule has 1 fully saturated rings. The van der Waals surface area contributed by atoms with Crippen LogP contribution in [0.2, 0.25) is 5.02 Å². The number of hydrogen-bond donors (Lipinski definition) is 0. The summed E-state index contributed by atoms with van der Waals surface area (Å²) in [7, 11) is 0. The molecule has 0 bridgehead atoms. The van der Waals surface area contributed by atoms with Crippen LogP contribution in [0.1, 0.15) is 29.8 Å². The molecule has 8 nitrogen and oxygen atoms in total. The average Bonchev–Trinajstić information content (AvgIpc) is 3.04. The summed E-state index contributed by atoms with van der Waals surface area (Å²) in [6.07, 6.45) is 1.52. The van der Waals surface area contributed by atoms with Gasteiger partial charge in [0.15, 0.2) is 11.5 Å². The molecule has 0 aliphatic carbocycles. The van der Waals surface area contributed by atoms with Crippen molar-refractivity contribution in [2.75, 3.05) is 19.8 Å². The number of hydrogen-bond acceptors (Lipinski definition) is 8. The summed E-state index contributed by atoms with van der Waals surface area (Å²) in [5, 5.41) is -0.0605. The van der Waals surface area contributed by atoms with Gasteiger partial charge < -0.3 is 14.2 Å². The van der Waals surface area contributed by atoms with E-state index in [-0.39, 0.29) is 17.3 Å². The van der Waals surface area contributed by atoms with Crippen molar-refractivity contribution in [3.8, 4) is 11.5 Å². The van der Waals surface area contributed by atoms with Crippen LogP contribution in [0.15, 0.2) is 41.3 Å². The molecule has 1 aliphatic heterocycles. The lowest BCUT2D eigenvalue weighted by Crippen LogP contribution is -2.34. The van der Waals surface area contributed by atoms with Gasteiger partial charge in [0.1, 0.15) is 6.54 Å². The molecule has 0 saturated carbocycles. The SMILES string of the molecule is CCOC(=O)CN1C(=O)S/C(=C\c2cc(I)c(OC(=O)c3ccc(Cl)cc3)c(OCC)c2)C1=O. The third-order valence-electron chi connectivity index (χ3n) is 4.37. The molecule has 0 unspecified atom stereocenters. The van der Waals surface area contributed by atoms with Gasteiger partial charge in [-0.25, -0.2) is 4.79 Å². The highest BCUT2D eigenvalue weighted by Crippen LogP contribution is 2.38. The van der Waals surface area contributed by atoms with Crippen LogP contribution in [0.5, 0.6) is 11.5 Å². The highest BCUT2D eigenvalue weighted by molar-refractivity contribution is 14.1. The maximum Gasteiger partial charge on any atom is 0.343 e. The second-order valence-electron chi connectivity index (χ2n) is 6.73. The lowest BCUT2D eigenvalue weighted by Gasteiger charge is -2.14. The van der Waals surface area contributed by atoms with E-state index in [1.807, 2.05) is 22.6 Å². The number of esters is 2. The van der Waals surface area contributed by atoms with Gasteiger partial charge in [0.05, 0.1) is 27.3 Å². The Bertz CT molecular complexity index is 1170. The smallest absolute Gasteiger partial charge is 0.343 e. The molecule has 1 saturated heterocycles. The highest BCUT2D eigenvalue weighted by Gasteiger charge is 2.36. The molecule has 0 radical (unpaired) electrons. The number of nitrogens with zero attached hydrogens (tertiary/aromatic N) is 1. The Hall–Kier alpha value is -2.57. The van der Waals surface area contributed by atoms with Crippen LogP contribution >= 0.6 is 46.0 Å². The van der Waals surface area contributed by atoms with E-state index in [0.29, 0.717) is 32.1 Å². The summed E-state index contributed by atoms with van der Waals surface area (Å²) in [5.41, 5.74) is 0.878. The Morgan fingerprint density at radius 2 is 1.82 bits per heavy atom. The fraction of sp³-hybridized carbons (Fsp3) is 0.217. The number of benzene rings is 2. The van der Waals surface area contributed by atoms with Crippen LogP contribution in [0, 0.1) is 3.57 Å². The van der Waals surface area contributed by atoms with Gasteiger partial charge in [0.25, 0.3) is 11.1 Å². The number of rotatable bonds is 8. The minimum absolute atomic E-state index is 0.151. The summed E-state index contributed by atoms with van der Waals surface area (Å²) in [4.78, 5) is 50.1. The number of carbonyl (C=O) groups is 4. The van der Waals surface area contributed by atoms with E-state index in [4.69, 9.17) is 25.8 Å². The number of imide groups is 1. The van der Waals surface area contributed by atoms with E-state index >= 15 is 0 Å². The monoisotopic (exact) mass is 615 g/mol. The van der Waals surface area contributed by atoms with Crippen molar-refractivity contribution in [2.24, 2.45) is 0 Å². The van der Waals surface area contributed by atoms with Crippen LogP contribution in [-0.2, 0) is 14.3 Å². The first kappa shape index (κ1) is 26.0. The molecule has 0 atom stereocenters. The van der Waals surface area contributed by atoms with Gasteiger partial charge in [-0.2, -0.15) is 0 Å². The molecule has 11 heteroatoms. The van der Waals surface area contributed by atoms with Crippen molar-refractivity contribution in [2.45, 2.75) is 13.8 Å². The van der Waals surface area contributed by atoms with Crippen LogP contribution in [0.25, 0.3) is 6.08 Å². The lowest BCUT2D eigenvalue weighted by atomic mass is 10.1. The van der Waals surface area contributed by atoms with Crippen molar-refractivity contribution >= 4 is 75.1 Å². The molecular formula is C23H19ClINO7S. The number of halogens is 2. The van der Waals surface area contributed by atoms with E-state index in [9.17, 15) is 19.2 Å². The first-order valence-electron chi connectivity index (χ1n) is 10.1. The molecule has 0 aromatic heterocycles. The summed E-state index contributed by atoms with van der Waals surface area (Å²) < 4.78 is 16.6. The Morgan fingerprint density at radius 1 is 1.12 bits per heavy atom. The number of ether oxygens (including phenoxy) is 3. The minimum Gasteiger partial charge on any atom is -0.490 e. The van der Waals surface area contributed by atoms with Gasteiger partial charge in [-0.1, -0.05) is 11.6 Å². The molecule has 2 amide bonds. The Morgan fingerprint density at radius 3 is 2.47 bits per heavy atom. The number of thioether (sulfide) groups is 1. The van der Waals surface area contributed by atoms with Gasteiger partial charge in [-0.05, 0) is 96.2 Å². The predicted molar refractivity (Wildman–Crippen MR) is 136 cm³/mol. The van der Waals surface area contributed by atoms with E-state index in [1.165, 1.54) is 6.08 Å². The molecule has 178 valence electrons. The summed E-state index contributed by atoms with van der Waals surface area (Å²) in [6.45, 7) is 3.43. The maximum atomic E-state index is 12.6. The summed E-state index contributed by atoms with van der Waals surface area (Å²) >= 11 is 8.59. The largest absolute Gasteiger partial charge is 0.490 e.